The average molecular weight is 306 g/mol. The second-order valence-corrected chi connectivity index (χ2v) is 4.61. The monoisotopic (exact) mass is 305 g/mol. The van der Waals surface area contributed by atoms with E-state index < -0.39 is 0 Å². The highest BCUT2D eigenvalue weighted by atomic mass is 35.5. The van der Waals surface area contributed by atoms with Gasteiger partial charge in [0, 0.05) is 18.3 Å². The van der Waals surface area contributed by atoms with Gasteiger partial charge >= 0.3 is 0 Å². The van der Waals surface area contributed by atoms with E-state index in [4.69, 9.17) is 16.3 Å². The summed E-state index contributed by atoms with van der Waals surface area (Å²) in [6.45, 7) is 2.52. The Morgan fingerprint density at radius 1 is 1.29 bits per heavy atom. The van der Waals surface area contributed by atoms with E-state index in [9.17, 15) is 4.79 Å². The third kappa shape index (κ3) is 4.10. The van der Waals surface area contributed by atoms with Gasteiger partial charge in [0.15, 0.2) is 0 Å². The Labute approximate surface area is 128 Å². The van der Waals surface area contributed by atoms with E-state index in [2.05, 4.69) is 15.6 Å². The number of aromatic nitrogens is 1. The summed E-state index contributed by atoms with van der Waals surface area (Å²) >= 11 is 5.88. The Balaban J connectivity index is 2.12. The van der Waals surface area contributed by atoms with Crippen LogP contribution >= 0.6 is 11.6 Å². The quantitative estimate of drug-likeness (QED) is 0.831. The molecular weight excluding hydrogens is 290 g/mol. The van der Waals surface area contributed by atoms with Crippen LogP contribution < -0.4 is 15.4 Å². The zero-order valence-electron chi connectivity index (χ0n) is 11.8. The number of hydrogen-bond donors (Lipinski definition) is 2. The molecule has 21 heavy (non-hydrogen) atoms. The highest BCUT2D eigenvalue weighted by Crippen LogP contribution is 2.18. The van der Waals surface area contributed by atoms with Gasteiger partial charge in [-0.3, -0.25) is 4.79 Å². The highest BCUT2D eigenvalue weighted by Gasteiger charge is 2.09. The van der Waals surface area contributed by atoms with Crippen LogP contribution in [-0.4, -0.2) is 24.5 Å². The Kier molecular flexibility index (Phi) is 5.00. The summed E-state index contributed by atoms with van der Waals surface area (Å²) in [5.74, 6) is 1.05. The first-order valence-electron chi connectivity index (χ1n) is 6.52. The molecule has 5 nitrogen and oxygen atoms in total. The minimum atomic E-state index is -0.250. The van der Waals surface area contributed by atoms with Crippen LogP contribution in [-0.2, 0) is 0 Å². The SMILES string of the molecule is CCOc1ccc(NC(=O)c2cc(Cl)nc(NC)c2)cc1. The molecule has 0 atom stereocenters. The van der Waals surface area contributed by atoms with Crippen molar-refractivity contribution in [3.05, 3.63) is 47.1 Å². The summed E-state index contributed by atoms with van der Waals surface area (Å²) < 4.78 is 5.35. The molecule has 1 amide bonds. The molecule has 0 aliphatic heterocycles. The molecule has 6 heteroatoms. The second kappa shape index (κ2) is 6.95. The number of ether oxygens (including phenoxy) is 1. The van der Waals surface area contributed by atoms with Gasteiger partial charge in [0.1, 0.15) is 16.7 Å². The fourth-order valence-electron chi connectivity index (χ4n) is 1.76. The Bertz CT molecular complexity index is 629. The van der Waals surface area contributed by atoms with Crippen molar-refractivity contribution in [3.8, 4) is 5.75 Å². The molecule has 2 aromatic rings. The van der Waals surface area contributed by atoms with E-state index >= 15 is 0 Å². The summed E-state index contributed by atoms with van der Waals surface area (Å²) in [7, 11) is 1.72. The molecule has 1 aromatic heterocycles. The minimum absolute atomic E-state index is 0.250. The smallest absolute Gasteiger partial charge is 0.255 e. The molecular formula is C15H16ClN3O2. The first-order valence-corrected chi connectivity index (χ1v) is 6.89. The van der Waals surface area contributed by atoms with Crippen LogP contribution in [0.2, 0.25) is 5.15 Å². The van der Waals surface area contributed by atoms with E-state index in [1.807, 2.05) is 6.92 Å². The van der Waals surface area contributed by atoms with Gasteiger partial charge in [0.25, 0.3) is 5.91 Å². The number of hydrogen-bond acceptors (Lipinski definition) is 4. The van der Waals surface area contributed by atoms with Crippen molar-refractivity contribution in [2.75, 3.05) is 24.3 Å². The molecule has 110 valence electrons. The van der Waals surface area contributed by atoms with E-state index in [-0.39, 0.29) is 11.1 Å². The number of nitrogens with one attached hydrogen (secondary N) is 2. The fraction of sp³-hybridized carbons (Fsp3) is 0.200. The second-order valence-electron chi connectivity index (χ2n) is 4.23. The Morgan fingerprint density at radius 3 is 2.62 bits per heavy atom. The maximum Gasteiger partial charge on any atom is 0.255 e. The van der Waals surface area contributed by atoms with Crippen LogP contribution in [0.4, 0.5) is 11.5 Å². The van der Waals surface area contributed by atoms with E-state index in [1.165, 1.54) is 6.07 Å². The summed E-state index contributed by atoms with van der Waals surface area (Å²) in [5, 5.41) is 5.92. The topological polar surface area (TPSA) is 63.2 Å². The fourth-order valence-corrected chi connectivity index (χ4v) is 1.97. The first-order chi connectivity index (χ1) is 10.1. The van der Waals surface area contributed by atoms with Crippen molar-refractivity contribution in [2.24, 2.45) is 0 Å². The highest BCUT2D eigenvalue weighted by molar-refractivity contribution is 6.30. The lowest BCUT2D eigenvalue weighted by Gasteiger charge is -2.08. The van der Waals surface area contributed by atoms with Gasteiger partial charge in [-0.15, -0.1) is 0 Å². The molecule has 0 spiro atoms. The van der Waals surface area contributed by atoms with Crippen LogP contribution in [0.15, 0.2) is 36.4 Å². The number of halogens is 1. The maximum absolute atomic E-state index is 12.2. The van der Waals surface area contributed by atoms with Gasteiger partial charge in [-0.2, -0.15) is 0 Å². The molecule has 0 unspecified atom stereocenters. The largest absolute Gasteiger partial charge is 0.494 e. The number of pyridine rings is 1. The average Bonchev–Trinajstić information content (AvgIpc) is 2.48. The van der Waals surface area contributed by atoms with Gasteiger partial charge in [-0.05, 0) is 43.3 Å². The molecule has 0 aliphatic rings. The Hall–Kier alpha value is -2.27. The van der Waals surface area contributed by atoms with Crippen molar-refractivity contribution >= 4 is 29.0 Å². The van der Waals surface area contributed by atoms with Crippen LogP contribution in [0.5, 0.6) is 5.75 Å². The van der Waals surface area contributed by atoms with Crippen molar-refractivity contribution in [1.29, 1.82) is 0 Å². The summed E-state index contributed by atoms with van der Waals surface area (Å²) in [6, 6.07) is 10.3. The van der Waals surface area contributed by atoms with E-state index in [1.54, 1.807) is 37.4 Å². The number of anilines is 2. The lowest BCUT2D eigenvalue weighted by atomic mass is 10.2. The molecule has 0 bridgehead atoms. The van der Waals surface area contributed by atoms with Crippen LogP contribution in [0.25, 0.3) is 0 Å². The molecule has 1 heterocycles. The predicted molar refractivity (Wildman–Crippen MR) is 84.4 cm³/mol. The molecule has 1 aromatic carbocycles. The van der Waals surface area contributed by atoms with Crippen LogP contribution in [0.1, 0.15) is 17.3 Å². The van der Waals surface area contributed by atoms with E-state index in [0.717, 1.165) is 5.75 Å². The molecule has 0 saturated heterocycles. The van der Waals surface area contributed by atoms with Crippen molar-refractivity contribution in [1.82, 2.24) is 4.98 Å². The van der Waals surface area contributed by atoms with Gasteiger partial charge < -0.3 is 15.4 Å². The van der Waals surface area contributed by atoms with Crippen molar-refractivity contribution in [3.63, 3.8) is 0 Å². The lowest BCUT2D eigenvalue weighted by Crippen LogP contribution is -2.12. The van der Waals surface area contributed by atoms with Crippen molar-refractivity contribution < 1.29 is 9.53 Å². The Morgan fingerprint density at radius 2 is 2.00 bits per heavy atom. The zero-order chi connectivity index (χ0) is 15.2. The molecule has 0 saturated carbocycles. The number of carbonyl (C=O) groups excluding carboxylic acids is 1. The standard InChI is InChI=1S/C15H16ClN3O2/c1-3-21-12-6-4-11(5-7-12)18-15(20)10-8-13(16)19-14(9-10)17-2/h4-9H,3H2,1-2H3,(H,17,19)(H,18,20). The third-order valence-electron chi connectivity index (χ3n) is 2.74. The minimum Gasteiger partial charge on any atom is -0.494 e. The van der Waals surface area contributed by atoms with Crippen LogP contribution in [0, 0.1) is 0 Å². The number of benzene rings is 1. The number of rotatable bonds is 5. The van der Waals surface area contributed by atoms with Gasteiger partial charge in [-0.1, -0.05) is 11.6 Å². The maximum atomic E-state index is 12.2. The van der Waals surface area contributed by atoms with E-state index in [0.29, 0.717) is 23.7 Å². The summed E-state index contributed by atoms with van der Waals surface area (Å²) in [4.78, 5) is 16.2. The molecule has 0 fully saturated rings. The number of carbonyl (C=O) groups is 1. The summed E-state index contributed by atoms with van der Waals surface area (Å²) in [5.41, 5.74) is 1.12. The van der Waals surface area contributed by atoms with Gasteiger partial charge in [0.2, 0.25) is 0 Å². The van der Waals surface area contributed by atoms with Gasteiger partial charge in [0.05, 0.1) is 6.61 Å². The first kappa shape index (κ1) is 15.1. The summed E-state index contributed by atoms with van der Waals surface area (Å²) in [6.07, 6.45) is 0. The predicted octanol–water partition coefficient (Wildman–Crippen LogP) is 3.43. The van der Waals surface area contributed by atoms with Gasteiger partial charge in [-0.25, -0.2) is 4.98 Å². The number of amides is 1. The van der Waals surface area contributed by atoms with Crippen LogP contribution in [0.3, 0.4) is 0 Å². The third-order valence-corrected chi connectivity index (χ3v) is 2.93. The number of nitrogens with zero attached hydrogens (tertiary/aromatic N) is 1. The zero-order valence-corrected chi connectivity index (χ0v) is 12.6. The molecule has 0 aliphatic carbocycles. The molecule has 2 N–H and O–H groups in total. The molecule has 0 radical (unpaired) electrons. The molecule has 2 rings (SSSR count). The normalized spacial score (nSPS) is 10.0. The lowest BCUT2D eigenvalue weighted by molar-refractivity contribution is 0.102. The van der Waals surface area contributed by atoms with Crippen molar-refractivity contribution in [2.45, 2.75) is 6.92 Å².